The number of anilines is 2. The second kappa shape index (κ2) is 11.9. The van der Waals surface area contributed by atoms with Crippen molar-refractivity contribution >= 4 is 28.8 Å². The summed E-state index contributed by atoms with van der Waals surface area (Å²) in [6, 6.07) is 23.4. The second-order valence-electron chi connectivity index (χ2n) is 8.88. The van der Waals surface area contributed by atoms with Gasteiger partial charge in [0.15, 0.2) is 5.82 Å². The van der Waals surface area contributed by atoms with Crippen LogP contribution in [0.3, 0.4) is 0 Å². The number of benzene rings is 2. The molecule has 1 aliphatic rings. The van der Waals surface area contributed by atoms with Crippen molar-refractivity contribution in [3.05, 3.63) is 89.6 Å². The van der Waals surface area contributed by atoms with E-state index >= 15 is 0 Å². The van der Waals surface area contributed by atoms with Gasteiger partial charge in [0.25, 0.3) is 0 Å². The summed E-state index contributed by atoms with van der Waals surface area (Å²) >= 11 is 0. The highest BCUT2D eigenvalue weighted by atomic mass is 19.4. The maximum atomic E-state index is 10.6. The predicted octanol–water partition coefficient (Wildman–Crippen LogP) is 6.17. The number of carboxylic acid groups (broad SMARTS) is 1. The molecular weight excluding hydrogens is 495 g/mol. The van der Waals surface area contributed by atoms with Gasteiger partial charge in [-0.25, -0.2) is 9.78 Å². The van der Waals surface area contributed by atoms with Crippen molar-refractivity contribution in [2.75, 3.05) is 16.8 Å². The van der Waals surface area contributed by atoms with E-state index in [1.165, 1.54) is 16.7 Å². The standard InChI is InChI=1S/C26H27N5.C2HF3O2/c1-2-9-22(20-11-4-3-5-12-20)28-26-29-23-14-8-16-27-24(23)25(30-26)31-17-15-19-10-6-7-13-21(19)18-31;3-2(4,5)1(6)7/h3-8,10-14,16,22H,2,9,15,17-18H2,1H3,(H,28,29,30);(H,6,7)/t22-;/m1./s1. The molecule has 2 N–H and O–H groups in total. The van der Waals surface area contributed by atoms with Crippen molar-refractivity contribution in [2.45, 2.75) is 44.9 Å². The number of rotatable bonds is 6. The van der Waals surface area contributed by atoms with Gasteiger partial charge in [0.1, 0.15) is 5.52 Å². The molecule has 0 radical (unpaired) electrons. The lowest BCUT2D eigenvalue weighted by Crippen LogP contribution is -2.31. The molecule has 1 aliphatic heterocycles. The second-order valence-corrected chi connectivity index (χ2v) is 8.88. The van der Waals surface area contributed by atoms with Gasteiger partial charge in [0.2, 0.25) is 5.95 Å². The maximum absolute atomic E-state index is 10.6. The van der Waals surface area contributed by atoms with E-state index in [-0.39, 0.29) is 6.04 Å². The van der Waals surface area contributed by atoms with Gasteiger partial charge in [-0.1, -0.05) is 67.9 Å². The van der Waals surface area contributed by atoms with Gasteiger partial charge in [-0.3, -0.25) is 4.98 Å². The van der Waals surface area contributed by atoms with Crippen LogP contribution in [0.15, 0.2) is 72.9 Å². The van der Waals surface area contributed by atoms with Crippen LogP contribution in [0, 0.1) is 0 Å². The molecule has 1 atom stereocenters. The summed E-state index contributed by atoms with van der Waals surface area (Å²) in [5, 5.41) is 10.7. The first-order valence-corrected chi connectivity index (χ1v) is 12.3. The fraction of sp³-hybridized carbons (Fsp3) is 0.286. The Balaban J connectivity index is 0.000000426. The number of pyridine rings is 1. The largest absolute Gasteiger partial charge is 0.490 e. The lowest BCUT2D eigenvalue weighted by molar-refractivity contribution is -0.192. The zero-order valence-corrected chi connectivity index (χ0v) is 20.8. The number of nitrogens with zero attached hydrogens (tertiary/aromatic N) is 4. The molecule has 2 aromatic carbocycles. The minimum atomic E-state index is -5.08. The summed E-state index contributed by atoms with van der Waals surface area (Å²) in [4.78, 5) is 25.7. The Labute approximate surface area is 218 Å². The van der Waals surface area contributed by atoms with E-state index in [4.69, 9.17) is 19.9 Å². The number of hydrogen-bond donors (Lipinski definition) is 2. The van der Waals surface area contributed by atoms with Crippen LogP contribution in [-0.2, 0) is 17.8 Å². The molecular formula is C28H28F3N5O2. The van der Waals surface area contributed by atoms with Crippen molar-refractivity contribution in [1.82, 2.24) is 15.0 Å². The van der Waals surface area contributed by atoms with Gasteiger partial charge in [-0.15, -0.1) is 0 Å². The number of aliphatic carboxylic acids is 1. The third kappa shape index (κ3) is 6.56. The van der Waals surface area contributed by atoms with Gasteiger partial charge in [0.05, 0.1) is 11.6 Å². The molecule has 2 aromatic heterocycles. The van der Waals surface area contributed by atoms with E-state index in [1.54, 1.807) is 0 Å². The van der Waals surface area contributed by atoms with Crippen LogP contribution in [0.5, 0.6) is 0 Å². The number of carboxylic acids is 1. The van der Waals surface area contributed by atoms with Crippen LogP contribution in [0.4, 0.5) is 24.9 Å². The Morgan fingerprint density at radius 3 is 2.39 bits per heavy atom. The van der Waals surface area contributed by atoms with E-state index < -0.39 is 12.1 Å². The Morgan fingerprint density at radius 1 is 1.03 bits per heavy atom. The van der Waals surface area contributed by atoms with Crippen molar-refractivity contribution in [3.63, 3.8) is 0 Å². The zero-order chi connectivity index (χ0) is 27.1. The molecule has 10 heteroatoms. The number of fused-ring (bicyclic) bond motifs is 2. The smallest absolute Gasteiger partial charge is 0.475 e. The normalized spacial score (nSPS) is 13.7. The summed E-state index contributed by atoms with van der Waals surface area (Å²) in [5.41, 5.74) is 5.78. The number of nitrogens with one attached hydrogen (secondary N) is 1. The van der Waals surface area contributed by atoms with E-state index in [1.807, 2.05) is 18.3 Å². The van der Waals surface area contributed by atoms with Crippen LogP contribution in [0.25, 0.3) is 11.0 Å². The first-order valence-electron chi connectivity index (χ1n) is 12.3. The van der Waals surface area contributed by atoms with E-state index in [9.17, 15) is 13.2 Å². The third-order valence-corrected chi connectivity index (χ3v) is 6.19. The van der Waals surface area contributed by atoms with Gasteiger partial charge in [-0.05, 0) is 41.7 Å². The third-order valence-electron chi connectivity index (χ3n) is 6.19. The summed E-state index contributed by atoms with van der Waals surface area (Å²) < 4.78 is 31.7. The van der Waals surface area contributed by atoms with E-state index in [2.05, 4.69) is 76.7 Å². The predicted molar refractivity (Wildman–Crippen MR) is 140 cm³/mol. The highest BCUT2D eigenvalue weighted by Crippen LogP contribution is 2.30. The average Bonchev–Trinajstić information content (AvgIpc) is 2.92. The van der Waals surface area contributed by atoms with Gasteiger partial charge in [-0.2, -0.15) is 18.2 Å². The number of halogens is 3. The van der Waals surface area contributed by atoms with Crippen LogP contribution in [0.1, 0.15) is 42.5 Å². The molecule has 0 amide bonds. The van der Waals surface area contributed by atoms with Crippen LogP contribution in [-0.4, -0.2) is 38.7 Å². The van der Waals surface area contributed by atoms with E-state index in [0.29, 0.717) is 5.95 Å². The molecule has 0 unspecified atom stereocenters. The molecule has 0 saturated heterocycles. The first-order chi connectivity index (χ1) is 18.3. The minimum Gasteiger partial charge on any atom is -0.475 e. The van der Waals surface area contributed by atoms with Crippen LogP contribution in [0.2, 0.25) is 0 Å². The molecule has 0 saturated carbocycles. The first kappa shape index (κ1) is 26.8. The lowest BCUT2D eigenvalue weighted by Gasteiger charge is -2.30. The van der Waals surface area contributed by atoms with E-state index in [0.717, 1.165) is 49.2 Å². The molecule has 4 aromatic rings. The highest BCUT2D eigenvalue weighted by Gasteiger charge is 2.38. The molecule has 3 heterocycles. The topological polar surface area (TPSA) is 91.2 Å². The van der Waals surface area contributed by atoms with Gasteiger partial charge >= 0.3 is 12.1 Å². The summed E-state index contributed by atoms with van der Waals surface area (Å²) in [7, 11) is 0. The number of hydrogen-bond acceptors (Lipinski definition) is 6. The molecule has 0 spiro atoms. The average molecular weight is 524 g/mol. The number of alkyl halides is 3. The molecule has 0 fully saturated rings. The lowest BCUT2D eigenvalue weighted by atomic mass is 10.00. The maximum Gasteiger partial charge on any atom is 0.490 e. The van der Waals surface area contributed by atoms with Crippen molar-refractivity contribution < 1.29 is 23.1 Å². The van der Waals surface area contributed by atoms with Crippen molar-refractivity contribution in [2.24, 2.45) is 0 Å². The number of aromatic nitrogens is 3. The highest BCUT2D eigenvalue weighted by molar-refractivity contribution is 5.86. The van der Waals surface area contributed by atoms with Crippen molar-refractivity contribution in [3.8, 4) is 0 Å². The molecule has 0 aliphatic carbocycles. The fourth-order valence-corrected chi connectivity index (χ4v) is 4.37. The Hall–Kier alpha value is -4.21. The number of carbonyl (C=O) groups is 1. The molecule has 0 bridgehead atoms. The van der Waals surface area contributed by atoms with Gasteiger partial charge in [0, 0.05) is 19.3 Å². The summed E-state index contributed by atoms with van der Waals surface area (Å²) in [6.45, 7) is 3.98. The molecule has 5 rings (SSSR count). The van der Waals surface area contributed by atoms with Crippen molar-refractivity contribution in [1.29, 1.82) is 0 Å². The quantitative estimate of drug-likeness (QED) is 0.312. The van der Waals surface area contributed by atoms with Gasteiger partial charge < -0.3 is 15.3 Å². The van der Waals surface area contributed by atoms with Crippen LogP contribution >= 0.6 is 0 Å². The Kier molecular flexibility index (Phi) is 8.40. The Bertz CT molecular complexity index is 1380. The minimum absolute atomic E-state index is 0.176. The zero-order valence-electron chi connectivity index (χ0n) is 20.8. The monoisotopic (exact) mass is 523 g/mol. The molecule has 198 valence electrons. The Morgan fingerprint density at radius 2 is 1.71 bits per heavy atom. The molecule has 7 nitrogen and oxygen atoms in total. The summed E-state index contributed by atoms with van der Waals surface area (Å²) in [5.74, 6) is -1.19. The van der Waals surface area contributed by atoms with Crippen LogP contribution < -0.4 is 10.2 Å². The SMILES string of the molecule is CCC[C@@H](Nc1nc(N2CCc3ccccc3C2)c2ncccc2n1)c1ccccc1.O=C(O)C(F)(F)F. The molecule has 38 heavy (non-hydrogen) atoms. The fourth-order valence-electron chi connectivity index (χ4n) is 4.37. The summed E-state index contributed by atoms with van der Waals surface area (Å²) in [6.07, 6.45) is -0.147.